The Morgan fingerprint density at radius 1 is 1.11 bits per heavy atom. The highest BCUT2D eigenvalue weighted by Gasteiger charge is 2.23. The minimum atomic E-state index is -3.57. The molecular weight excluding hydrogens is 636 g/mol. The summed E-state index contributed by atoms with van der Waals surface area (Å²) in [5, 5.41) is 15.5. The number of imidazole rings is 1. The van der Waals surface area contributed by atoms with E-state index in [9.17, 15) is 22.5 Å². The second-order valence-corrected chi connectivity index (χ2v) is 12.0. The first-order valence-electron chi connectivity index (χ1n) is 10.6. The standard InChI is InChI=1S/C22H20F2IN8O2PS/c1-12-8-9-17(28-15(12)11-26)29-18-10-14(19-21(30-18)33(36-25)22(31-19)20(23)24)27-13-6-4-5-7-16(13)32(2)37(3,34)35/h4-10,20,36H,1-3H3,(H2,27,28,29,30). The molecule has 1 unspecified atom stereocenters. The number of nitrogens with zero attached hydrogens (tertiary/aromatic N) is 6. The van der Waals surface area contributed by atoms with Crippen molar-refractivity contribution in [2.45, 2.75) is 13.3 Å². The lowest BCUT2D eigenvalue weighted by molar-refractivity contribution is 0.140. The minimum absolute atomic E-state index is 0.109. The third kappa shape index (κ3) is 5.58. The van der Waals surface area contributed by atoms with Gasteiger partial charge < -0.3 is 10.6 Å². The summed E-state index contributed by atoms with van der Waals surface area (Å²) in [5.41, 5.74) is 2.43. The highest BCUT2D eigenvalue weighted by molar-refractivity contribution is 14.2. The first-order chi connectivity index (χ1) is 17.5. The molecule has 10 nitrogen and oxygen atoms in total. The number of halogens is 3. The molecule has 15 heteroatoms. The molecule has 0 saturated heterocycles. The van der Waals surface area contributed by atoms with E-state index in [2.05, 4.69) is 25.6 Å². The van der Waals surface area contributed by atoms with Gasteiger partial charge in [0.05, 0.1) is 29.7 Å². The summed E-state index contributed by atoms with van der Waals surface area (Å²) in [6, 6.07) is 13.7. The fraction of sp³-hybridized carbons (Fsp3) is 0.182. The Bertz CT molecular complexity index is 1640. The molecule has 1 atom stereocenters. The summed E-state index contributed by atoms with van der Waals surface area (Å²) in [7, 11) is -2.16. The number of para-hydroxylation sites is 2. The molecule has 3 heterocycles. The van der Waals surface area contributed by atoms with Crippen LogP contribution < -0.4 is 14.9 Å². The number of rotatable bonds is 8. The Morgan fingerprint density at radius 2 is 1.84 bits per heavy atom. The number of pyridine rings is 2. The van der Waals surface area contributed by atoms with Crippen molar-refractivity contribution in [2.24, 2.45) is 0 Å². The van der Waals surface area contributed by atoms with E-state index in [0.29, 0.717) is 28.4 Å². The average molecular weight is 656 g/mol. The van der Waals surface area contributed by atoms with E-state index in [4.69, 9.17) is 0 Å². The van der Waals surface area contributed by atoms with Crippen molar-refractivity contribution in [1.29, 1.82) is 5.26 Å². The summed E-state index contributed by atoms with van der Waals surface area (Å²) in [4.78, 5) is 12.9. The molecule has 3 aromatic heterocycles. The molecule has 0 saturated carbocycles. The number of nitrogens with one attached hydrogen (secondary N) is 2. The zero-order chi connectivity index (χ0) is 26.9. The van der Waals surface area contributed by atoms with Gasteiger partial charge in [-0.3, -0.25) is 8.64 Å². The average Bonchev–Trinajstić information content (AvgIpc) is 3.24. The lowest BCUT2D eigenvalue weighted by atomic mass is 10.2. The number of sulfonamides is 1. The van der Waals surface area contributed by atoms with Gasteiger partial charge in [0.1, 0.15) is 28.9 Å². The highest BCUT2D eigenvalue weighted by atomic mass is 127. The van der Waals surface area contributed by atoms with E-state index >= 15 is 0 Å². The van der Waals surface area contributed by atoms with E-state index < -0.39 is 22.3 Å². The predicted molar refractivity (Wildman–Crippen MR) is 150 cm³/mol. The maximum absolute atomic E-state index is 13.8. The van der Waals surface area contributed by atoms with Gasteiger partial charge in [-0.2, -0.15) is 5.26 Å². The van der Waals surface area contributed by atoms with E-state index in [1.165, 1.54) is 11.4 Å². The van der Waals surface area contributed by atoms with Crippen molar-refractivity contribution in [1.82, 2.24) is 19.3 Å². The SMILES string of the molecule is Cc1ccc(Nc2cc(Nc3ccccc3N(C)S(C)(=O)=O)c3nc(C(F)F)n(PI)c3n2)nc1C#N. The number of fused-ring (bicyclic) bond motifs is 1. The van der Waals surface area contributed by atoms with Gasteiger partial charge in [-0.05, 0) is 52.7 Å². The molecule has 4 rings (SSSR count). The highest BCUT2D eigenvalue weighted by Crippen LogP contribution is 2.39. The van der Waals surface area contributed by atoms with Crippen molar-refractivity contribution in [2.75, 3.05) is 28.2 Å². The zero-order valence-electron chi connectivity index (χ0n) is 19.7. The van der Waals surface area contributed by atoms with Gasteiger partial charge in [-0.1, -0.05) is 18.2 Å². The minimum Gasteiger partial charge on any atom is -0.352 e. The van der Waals surface area contributed by atoms with Crippen LogP contribution >= 0.6 is 28.4 Å². The predicted octanol–water partition coefficient (Wildman–Crippen LogP) is 5.62. The molecule has 0 spiro atoms. The molecule has 0 fully saturated rings. The van der Waals surface area contributed by atoms with Crippen LogP contribution in [0, 0.1) is 18.3 Å². The molecule has 0 aliphatic carbocycles. The van der Waals surface area contributed by atoms with Crippen LogP contribution in [0.3, 0.4) is 0 Å². The van der Waals surface area contributed by atoms with E-state index in [0.717, 1.165) is 10.6 Å². The maximum Gasteiger partial charge on any atom is 0.295 e. The molecule has 4 aromatic rings. The van der Waals surface area contributed by atoms with Gasteiger partial charge in [-0.25, -0.2) is 32.2 Å². The van der Waals surface area contributed by atoms with Crippen LogP contribution in [-0.4, -0.2) is 41.0 Å². The lowest BCUT2D eigenvalue weighted by Crippen LogP contribution is -2.25. The van der Waals surface area contributed by atoms with Crippen LogP contribution in [0.15, 0.2) is 42.5 Å². The molecule has 192 valence electrons. The van der Waals surface area contributed by atoms with Gasteiger partial charge in [-0.15, -0.1) is 0 Å². The molecule has 37 heavy (non-hydrogen) atoms. The molecule has 0 bridgehead atoms. The van der Waals surface area contributed by atoms with Crippen LogP contribution in [0.5, 0.6) is 0 Å². The fourth-order valence-corrected chi connectivity index (χ4v) is 5.89. The normalized spacial score (nSPS) is 11.8. The van der Waals surface area contributed by atoms with Crippen LogP contribution in [-0.2, 0) is 10.0 Å². The van der Waals surface area contributed by atoms with E-state index in [1.807, 2.05) is 28.1 Å². The number of aryl methyl sites for hydroxylation is 1. The Morgan fingerprint density at radius 3 is 2.49 bits per heavy atom. The van der Waals surface area contributed by atoms with Crippen molar-refractivity contribution in [3.63, 3.8) is 0 Å². The topological polar surface area (TPSA) is 129 Å². The van der Waals surface area contributed by atoms with Gasteiger partial charge in [0.25, 0.3) is 6.43 Å². The number of aromatic nitrogens is 4. The van der Waals surface area contributed by atoms with E-state index in [-0.39, 0.29) is 29.0 Å². The Labute approximate surface area is 226 Å². The summed E-state index contributed by atoms with van der Waals surface area (Å²) < 4.78 is 54.5. The van der Waals surface area contributed by atoms with Crippen molar-refractivity contribution < 1.29 is 17.2 Å². The monoisotopic (exact) mass is 656 g/mol. The number of hydrogen-bond donors (Lipinski definition) is 2. The van der Waals surface area contributed by atoms with Gasteiger partial charge >= 0.3 is 0 Å². The van der Waals surface area contributed by atoms with E-state index in [1.54, 1.807) is 49.4 Å². The number of alkyl halides is 2. The Hall–Kier alpha value is -3.15. The van der Waals surface area contributed by atoms with Crippen LogP contribution in [0.2, 0.25) is 0 Å². The Kier molecular flexibility index (Phi) is 7.77. The number of anilines is 5. The molecule has 0 amide bonds. The first kappa shape index (κ1) is 26.9. The van der Waals surface area contributed by atoms with Gasteiger partial charge in [0, 0.05) is 13.1 Å². The summed E-state index contributed by atoms with van der Waals surface area (Å²) in [6.07, 6.45) is -1.86. The largest absolute Gasteiger partial charge is 0.352 e. The van der Waals surface area contributed by atoms with Crippen molar-refractivity contribution >= 4 is 78.3 Å². The van der Waals surface area contributed by atoms with Gasteiger partial charge in [0.15, 0.2) is 11.5 Å². The summed E-state index contributed by atoms with van der Waals surface area (Å²) >= 11 is 1.98. The van der Waals surface area contributed by atoms with Crippen LogP contribution in [0.25, 0.3) is 11.2 Å². The lowest BCUT2D eigenvalue weighted by Gasteiger charge is -2.21. The third-order valence-electron chi connectivity index (χ3n) is 5.39. The second-order valence-electron chi connectivity index (χ2n) is 7.89. The second kappa shape index (κ2) is 10.7. The summed E-state index contributed by atoms with van der Waals surface area (Å²) in [6.45, 7) is 1.76. The van der Waals surface area contributed by atoms with Gasteiger partial charge in [0.2, 0.25) is 10.0 Å². The van der Waals surface area contributed by atoms with Crippen molar-refractivity contribution in [3.05, 3.63) is 59.5 Å². The maximum atomic E-state index is 13.8. The molecule has 0 radical (unpaired) electrons. The smallest absolute Gasteiger partial charge is 0.295 e. The third-order valence-corrected chi connectivity index (χ3v) is 8.64. The number of hydrogen-bond acceptors (Lipinski definition) is 8. The molecule has 0 aliphatic heterocycles. The van der Waals surface area contributed by atoms with Crippen LogP contribution in [0.4, 0.5) is 37.5 Å². The van der Waals surface area contributed by atoms with Crippen molar-refractivity contribution in [3.8, 4) is 6.07 Å². The number of benzene rings is 1. The zero-order valence-corrected chi connectivity index (χ0v) is 23.6. The quantitative estimate of drug-likeness (QED) is 0.185. The molecular formula is C22H20F2IN8O2PS. The molecule has 0 aliphatic rings. The Balaban J connectivity index is 1.88. The number of nitriles is 1. The molecule has 1 aromatic carbocycles. The van der Waals surface area contributed by atoms with Crippen LogP contribution in [0.1, 0.15) is 23.5 Å². The first-order valence-corrected chi connectivity index (χ1v) is 16.5. The summed E-state index contributed by atoms with van der Waals surface area (Å²) in [5.74, 6) is 0.173. The molecule has 2 N–H and O–H groups in total. The fourth-order valence-electron chi connectivity index (χ4n) is 3.47.